The summed E-state index contributed by atoms with van der Waals surface area (Å²) in [5.41, 5.74) is 10.1. The van der Waals surface area contributed by atoms with E-state index in [2.05, 4.69) is 46.7 Å². The zero-order valence-electron chi connectivity index (χ0n) is 9.77. The molecule has 1 unspecified atom stereocenters. The van der Waals surface area contributed by atoms with E-state index in [4.69, 9.17) is 5.73 Å². The first-order valence-corrected chi connectivity index (χ1v) is 5.76. The van der Waals surface area contributed by atoms with Crippen molar-refractivity contribution in [3.05, 3.63) is 47.8 Å². The molecule has 1 aromatic carbocycles. The average Bonchev–Trinajstić information content (AvgIpc) is 2.79. The van der Waals surface area contributed by atoms with Gasteiger partial charge in [-0.05, 0) is 43.3 Å². The lowest BCUT2D eigenvalue weighted by molar-refractivity contribution is 0.645. The molecule has 0 saturated carbocycles. The highest BCUT2D eigenvalue weighted by Crippen LogP contribution is 2.28. The first-order chi connectivity index (χ1) is 8.25. The maximum Gasteiger partial charge on any atom is 0.126 e. The molecule has 0 bridgehead atoms. The van der Waals surface area contributed by atoms with E-state index in [0.717, 1.165) is 18.0 Å². The van der Waals surface area contributed by atoms with E-state index in [-0.39, 0.29) is 6.17 Å². The molecule has 1 saturated heterocycles. The van der Waals surface area contributed by atoms with Gasteiger partial charge < -0.3 is 16.0 Å². The largest absolute Gasteiger partial charge is 0.399 e. The van der Waals surface area contributed by atoms with E-state index >= 15 is 0 Å². The molecule has 1 fully saturated rings. The van der Waals surface area contributed by atoms with E-state index in [1.165, 1.54) is 11.4 Å². The standard InChI is InChI=1S/C13H16N4/c1-9-2-7-12-13(16-8-15-12)17(9)11-5-3-10(14)4-6-11/h2-7,13,15-16H,8,14H2,1H3. The Kier molecular flexibility index (Phi) is 2.30. The molecular weight excluding hydrogens is 212 g/mol. The molecule has 3 rings (SSSR count). The highest BCUT2D eigenvalue weighted by atomic mass is 15.4. The van der Waals surface area contributed by atoms with Gasteiger partial charge in [-0.3, -0.25) is 5.32 Å². The number of fused-ring (bicyclic) bond motifs is 1. The quantitative estimate of drug-likeness (QED) is 0.635. The van der Waals surface area contributed by atoms with Crippen LogP contribution in [0.4, 0.5) is 11.4 Å². The van der Waals surface area contributed by atoms with Gasteiger partial charge in [-0.15, -0.1) is 0 Å². The third-order valence-corrected chi connectivity index (χ3v) is 3.20. The van der Waals surface area contributed by atoms with E-state index in [1.807, 2.05) is 12.1 Å². The number of benzene rings is 1. The van der Waals surface area contributed by atoms with Crippen LogP contribution in [-0.2, 0) is 0 Å². The number of nitrogen functional groups attached to an aromatic ring is 1. The molecule has 2 heterocycles. The van der Waals surface area contributed by atoms with Crippen LogP contribution in [0.5, 0.6) is 0 Å². The highest BCUT2D eigenvalue weighted by molar-refractivity contribution is 5.60. The smallest absolute Gasteiger partial charge is 0.126 e. The number of nitrogens with one attached hydrogen (secondary N) is 2. The summed E-state index contributed by atoms with van der Waals surface area (Å²) in [5.74, 6) is 0. The molecule has 0 radical (unpaired) electrons. The normalized spacial score (nSPS) is 22.6. The molecular formula is C13H16N4. The van der Waals surface area contributed by atoms with Gasteiger partial charge in [0.1, 0.15) is 6.17 Å². The van der Waals surface area contributed by atoms with Crippen LogP contribution in [0.3, 0.4) is 0 Å². The molecule has 0 amide bonds. The van der Waals surface area contributed by atoms with Crippen molar-refractivity contribution in [1.29, 1.82) is 0 Å². The molecule has 4 nitrogen and oxygen atoms in total. The summed E-state index contributed by atoms with van der Waals surface area (Å²) in [7, 11) is 0. The van der Waals surface area contributed by atoms with Crippen LogP contribution in [-0.4, -0.2) is 12.8 Å². The van der Waals surface area contributed by atoms with Gasteiger partial charge in [-0.1, -0.05) is 0 Å². The second-order valence-electron chi connectivity index (χ2n) is 4.35. The fourth-order valence-corrected chi connectivity index (χ4v) is 2.32. The molecule has 0 aromatic heterocycles. The average molecular weight is 228 g/mol. The second-order valence-corrected chi connectivity index (χ2v) is 4.35. The van der Waals surface area contributed by atoms with Gasteiger partial charge in [-0.2, -0.15) is 0 Å². The molecule has 2 aliphatic heterocycles. The lowest BCUT2D eigenvalue weighted by Gasteiger charge is -2.34. The van der Waals surface area contributed by atoms with Gasteiger partial charge in [0.15, 0.2) is 0 Å². The van der Waals surface area contributed by atoms with E-state index in [9.17, 15) is 0 Å². The summed E-state index contributed by atoms with van der Waals surface area (Å²) in [6, 6.07) is 7.97. The number of hydrogen-bond donors (Lipinski definition) is 3. The first-order valence-electron chi connectivity index (χ1n) is 5.76. The fraction of sp³-hybridized carbons (Fsp3) is 0.231. The molecule has 0 spiro atoms. The molecule has 4 N–H and O–H groups in total. The van der Waals surface area contributed by atoms with Gasteiger partial charge >= 0.3 is 0 Å². The monoisotopic (exact) mass is 228 g/mol. The van der Waals surface area contributed by atoms with Gasteiger partial charge in [0.25, 0.3) is 0 Å². The molecule has 1 atom stereocenters. The second kappa shape index (κ2) is 3.82. The van der Waals surface area contributed by atoms with Crippen LogP contribution in [0.2, 0.25) is 0 Å². The topological polar surface area (TPSA) is 53.3 Å². The molecule has 4 heteroatoms. The van der Waals surface area contributed by atoms with Crippen LogP contribution in [0.1, 0.15) is 6.92 Å². The Bertz CT molecular complexity index is 487. The number of rotatable bonds is 1. The van der Waals surface area contributed by atoms with Gasteiger partial charge in [0.05, 0.1) is 12.4 Å². The van der Waals surface area contributed by atoms with E-state index < -0.39 is 0 Å². The van der Waals surface area contributed by atoms with Crippen molar-refractivity contribution in [3.8, 4) is 0 Å². The molecule has 2 aliphatic rings. The summed E-state index contributed by atoms with van der Waals surface area (Å²) in [6.07, 6.45) is 4.47. The Labute approximate surface area is 101 Å². The number of nitrogens with zero attached hydrogens (tertiary/aromatic N) is 1. The van der Waals surface area contributed by atoms with Gasteiger partial charge in [-0.25, -0.2) is 0 Å². The Morgan fingerprint density at radius 3 is 2.76 bits per heavy atom. The summed E-state index contributed by atoms with van der Waals surface area (Å²) in [5, 5.41) is 6.76. The van der Waals surface area contributed by atoms with Gasteiger partial charge in [0, 0.05) is 17.1 Å². The van der Waals surface area contributed by atoms with Crippen LogP contribution >= 0.6 is 0 Å². The fourth-order valence-electron chi connectivity index (χ4n) is 2.32. The first kappa shape index (κ1) is 10.2. The Balaban J connectivity index is 1.99. The minimum Gasteiger partial charge on any atom is -0.399 e. The van der Waals surface area contributed by atoms with Crippen molar-refractivity contribution in [1.82, 2.24) is 10.6 Å². The molecule has 88 valence electrons. The van der Waals surface area contributed by atoms with Crippen LogP contribution in [0.25, 0.3) is 0 Å². The van der Waals surface area contributed by atoms with Crippen molar-refractivity contribution in [2.45, 2.75) is 13.1 Å². The maximum absolute atomic E-state index is 5.73. The minimum atomic E-state index is 0.212. The third-order valence-electron chi connectivity index (χ3n) is 3.20. The zero-order chi connectivity index (χ0) is 11.8. The lowest BCUT2D eigenvalue weighted by Crippen LogP contribution is -2.43. The molecule has 1 aromatic rings. The predicted octanol–water partition coefficient (Wildman–Crippen LogP) is 1.35. The number of anilines is 2. The van der Waals surface area contributed by atoms with Gasteiger partial charge in [0.2, 0.25) is 0 Å². The maximum atomic E-state index is 5.73. The van der Waals surface area contributed by atoms with Crippen molar-refractivity contribution < 1.29 is 0 Å². The van der Waals surface area contributed by atoms with Crippen LogP contribution in [0, 0.1) is 0 Å². The Morgan fingerprint density at radius 1 is 1.24 bits per heavy atom. The highest BCUT2D eigenvalue weighted by Gasteiger charge is 2.29. The lowest BCUT2D eigenvalue weighted by atomic mass is 10.1. The van der Waals surface area contributed by atoms with Crippen LogP contribution in [0.15, 0.2) is 47.8 Å². The number of allylic oxidation sites excluding steroid dienone is 3. The van der Waals surface area contributed by atoms with E-state index in [0.29, 0.717) is 0 Å². The molecule has 17 heavy (non-hydrogen) atoms. The predicted molar refractivity (Wildman–Crippen MR) is 70.1 cm³/mol. The minimum absolute atomic E-state index is 0.212. The molecule has 0 aliphatic carbocycles. The number of nitrogens with two attached hydrogens (primary N) is 1. The van der Waals surface area contributed by atoms with E-state index in [1.54, 1.807) is 0 Å². The third kappa shape index (κ3) is 1.66. The number of hydrogen-bond acceptors (Lipinski definition) is 4. The zero-order valence-corrected chi connectivity index (χ0v) is 9.77. The summed E-state index contributed by atoms with van der Waals surface area (Å²) in [4.78, 5) is 2.27. The summed E-state index contributed by atoms with van der Waals surface area (Å²) in [6.45, 7) is 2.92. The van der Waals surface area contributed by atoms with Crippen molar-refractivity contribution in [2.75, 3.05) is 17.3 Å². The SMILES string of the molecule is CC1=CC=C2NCNC2N1c1ccc(N)cc1. The van der Waals surface area contributed by atoms with Crippen molar-refractivity contribution in [3.63, 3.8) is 0 Å². The van der Waals surface area contributed by atoms with Crippen molar-refractivity contribution in [2.24, 2.45) is 0 Å². The Hall–Kier alpha value is -1.94. The van der Waals surface area contributed by atoms with Crippen molar-refractivity contribution >= 4 is 11.4 Å². The van der Waals surface area contributed by atoms with Crippen LogP contribution < -0.4 is 21.3 Å². The Morgan fingerprint density at radius 2 is 2.00 bits per heavy atom. The summed E-state index contributed by atoms with van der Waals surface area (Å²) >= 11 is 0. The summed E-state index contributed by atoms with van der Waals surface area (Å²) < 4.78 is 0.